The maximum Gasteiger partial charge on any atom is 0.142 e. The third-order valence-corrected chi connectivity index (χ3v) is 2.81. The van der Waals surface area contributed by atoms with Gasteiger partial charge in [-0.2, -0.15) is 0 Å². The number of hydrogen-bond donors (Lipinski definition) is 1. The third kappa shape index (κ3) is 3.06. The van der Waals surface area contributed by atoms with Gasteiger partial charge in [-0.15, -0.1) is 0 Å². The van der Waals surface area contributed by atoms with E-state index in [2.05, 4.69) is 53.5 Å². The minimum absolute atomic E-state index is 0.684. The highest BCUT2D eigenvalue weighted by Gasteiger charge is 2.03. The van der Waals surface area contributed by atoms with Gasteiger partial charge in [0.15, 0.2) is 0 Å². The first-order valence-electron chi connectivity index (χ1n) is 6.27. The molecule has 3 heteroatoms. The van der Waals surface area contributed by atoms with Crippen LogP contribution in [0.15, 0.2) is 36.7 Å². The molecule has 2 rings (SSSR count). The van der Waals surface area contributed by atoms with E-state index in [1.807, 2.05) is 14.0 Å². The number of nitrogens with zero attached hydrogens (tertiary/aromatic N) is 1. The van der Waals surface area contributed by atoms with Gasteiger partial charge in [-0.05, 0) is 43.2 Å². The van der Waals surface area contributed by atoms with E-state index >= 15 is 0 Å². The fourth-order valence-electron chi connectivity index (χ4n) is 1.91. The topological polar surface area (TPSA) is 26.2 Å². The molecule has 1 aromatic carbocycles. The molecule has 0 aliphatic rings. The molecule has 0 aliphatic carbocycles. The molecule has 0 saturated heterocycles. The first-order chi connectivity index (χ1) is 8.69. The lowest BCUT2D eigenvalue weighted by Crippen LogP contribution is -2.02. The van der Waals surface area contributed by atoms with E-state index in [1.54, 1.807) is 0 Å². The average molecular weight is 244 g/mol. The second kappa shape index (κ2) is 5.63. The van der Waals surface area contributed by atoms with Gasteiger partial charge in [-0.1, -0.05) is 6.07 Å². The average Bonchev–Trinajstić information content (AvgIpc) is 2.75. The summed E-state index contributed by atoms with van der Waals surface area (Å²) in [4.78, 5) is 0. The van der Waals surface area contributed by atoms with E-state index in [4.69, 9.17) is 4.74 Å². The second-order valence-corrected chi connectivity index (χ2v) is 4.47. The van der Waals surface area contributed by atoms with Crippen molar-refractivity contribution in [3.63, 3.8) is 0 Å². The minimum Gasteiger partial charge on any atom is -0.492 e. The summed E-state index contributed by atoms with van der Waals surface area (Å²) < 4.78 is 7.69. The predicted octanol–water partition coefficient (Wildman–Crippen LogP) is 3.34. The Labute approximate surface area is 108 Å². The molecule has 0 unspecified atom stereocenters. The highest BCUT2D eigenvalue weighted by molar-refractivity contribution is 5.57. The van der Waals surface area contributed by atoms with Gasteiger partial charge in [0.05, 0.1) is 12.3 Å². The fourth-order valence-corrected chi connectivity index (χ4v) is 1.91. The molecule has 18 heavy (non-hydrogen) atoms. The Hall–Kier alpha value is -1.90. The van der Waals surface area contributed by atoms with Crippen molar-refractivity contribution < 1.29 is 4.74 Å². The molecule has 0 aliphatic heterocycles. The van der Waals surface area contributed by atoms with Crippen LogP contribution >= 0.6 is 0 Å². The van der Waals surface area contributed by atoms with Gasteiger partial charge in [0.2, 0.25) is 0 Å². The summed E-state index contributed by atoms with van der Waals surface area (Å²) in [5, 5.41) is 3.42. The van der Waals surface area contributed by atoms with Gasteiger partial charge >= 0.3 is 0 Å². The molecule has 0 radical (unpaired) electrons. The van der Waals surface area contributed by atoms with Crippen molar-refractivity contribution in [1.29, 1.82) is 0 Å². The molecule has 1 N–H and O–H groups in total. The standard InChI is InChI=1S/C15H20N2O/c1-4-18-15-9-12(2)5-6-14(15)16-10-13-7-8-17(3)11-13/h5-9,11,16H,4,10H2,1-3H3. The summed E-state index contributed by atoms with van der Waals surface area (Å²) in [5.74, 6) is 0.924. The Balaban J connectivity index is 2.08. The van der Waals surface area contributed by atoms with Gasteiger partial charge in [0, 0.05) is 26.0 Å². The number of nitrogens with one attached hydrogen (secondary N) is 1. The van der Waals surface area contributed by atoms with Crippen LogP contribution in [0.3, 0.4) is 0 Å². The summed E-state index contributed by atoms with van der Waals surface area (Å²) in [6, 6.07) is 8.34. The normalized spacial score (nSPS) is 10.4. The SMILES string of the molecule is CCOc1cc(C)ccc1NCc1ccn(C)c1. The van der Waals surface area contributed by atoms with Gasteiger partial charge < -0.3 is 14.6 Å². The van der Waals surface area contributed by atoms with E-state index < -0.39 is 0 Å². The lowest BCUT2D eigenvalue weighted by atomic mass is 10.2. The number of benzene rings is 1. The van der Waals surface area contributed by atoms with Crippen LogP contribution in [-0.2, 0) is 13.6 Å². The Kier molecular flexibility index (Phi) is 3.92. The number of aryl methyl sites for hydroxylation is 2. The maximum absolute atomic E-state index is 5.64. The van der Waals surface area contributed by atoms with E-state index in [1.165, 1.54) is 11.1 Å². The van der Waals surface area contributed by atoms with Gasteiger partial charge in [0.1, 0.15) is 5.75 Å². The Bertz CT molecular complexity index is 517. The highest BCUT2D eigenvalue weighted by Crippen LogP contribution is 2.26. The molecule has 0 fully saturated rings. The van der Waals surface area contributed by atoms with Gasteiger partial charge in [-0.3, -0.25) is 0 Å². The van der Waals surface area contributed by atoms with Crippen LogP contribution in [-0.4, -0.2) is 11.2 Å². The Morgan fingerprint density at radius 2 is 2.11 bits per heavy atom. The zero-order valence-electron chi connectivity index (χ0n) is 11.2. The lowest BCUT2D eigenvalue weighted by molar-refractivity contribution is 0.341. The molecular formula is C15H20N2O. The van der Waals surface area contributed by atoms with Crippen molar-refractivity contribution in [2.24, 2.45) is 7.05 Å². The third-order valence-electron chi connectivity index (χ3n) is 2.81. The number of ether oxygens (including phenoxy) is 1. The van der Waals surface area contributed by atoms with Crippen LogP contribution < -0.4 is 10.1 Å². The molecule has 3 nitrogen and oxygen atoms in total. The zero-order chi connectivity index (χ0) is 13.0. The van der Waals surface area contributed by atoms with Gasteiger partial charge in [-0.25, -0.2) is 0 Å². The number of hydrogen-bond acceptors (Lipinski definition) is 2. The zero-order valence-corrected chi connectivity index (χ0v) is 11.2. The number of anilines is 1. The van der Waals surface area contributed by atoms with Crippen LogP contribution in [0.25, 0.3) is 0 Å². The number of rotatable bonds is 5. The molecule has 1 heterocycles. The molecule has 2 aromatic rings. The minimum atomic E-state index is 0.684. The predicted molar refractivity (Wildman–Crippen MR) is 75.1 cm³/mol. The van der Waals surface area contributed by atoms with E-state index in [0.717, 1.165) is 18.0 Å². The summed E-state index contributed by atoms with van der Waals surface area (Å²) in [6.45, 7) is 5.57. The van der Waals surface area contributed by atoms with Gasteiger partial charge in [0.25, 0.3) is 0 Å². The van der Waals surface area contributed by atoms with Crippen molar-refractivity contribution in [3.8, 4) is 5.75 Å². The molecule has 0 saturated carbocycles. The summed E-state index contributed by atoms with van der Waals surface area (Å²) >= 11 is 0. The second-order valence-electron chi connectivity index (χ2n) is 4.47. The number of aromatic nitrogens is 1. The molecule has 0 amide bonds. The molecule has 96 valence electrons. The molecule has 1 aromatic heterocycles. The van der Waals surface area contributed by atoms with Crippen molar-refractivity contribution in [2.45, 2.75) is 20.4 Å². The van der Waals surface area contributed by atoms with E-state index in [-0.39, 0.29) is 0 Å². The van der Waals surface area contributed by atoms with Crippen LogP contribution in [0.5, 0.6) is 5.75 Å². The summed E-state index contributed by atoms with van der Waals surface area (Å²) in [6.07, 6.45) is 4.16. The van der Waals surface area contributed by atoms with E-state index in [9.17, 15) is 0 Å². The Morgan fingerprint density at radius 1 is 1.28 bits per heavy atom. The first-order valence-corrected chi connectivity index (χ1v) is 6.27. The maximum atomic E-state index is 5.64. The quantitative estimate of drug-likeness (QED) is 0.873. The van der Waals surface area contributed by atoms with Crippen LogP contribution in [0.4, 0.5) is 5.69 Å². The fraction of sp³-hybridized carbons (Fsp3) is 0.333. The van der Waals surface area contributed by atoms with Crippen molar-refractivity contribution >= 4 is 5.69 Å². The van der Waals surface area contributed by atoms with Crippen LogP contribution in [0.1, 0.15) is 18.1 Å². The van der Waals surface area contributed by atoms with Crippen LogP contribution in [0.2, 0.25) is 0 Å². The van der Waals surface area contributed by atoms with Crippen molar-refractivity contribution in [1.82, 2.24) is 4.57 Å². The summed E-state index contributed by atoms with van der Waals surface area (Å²) in [7, 11) is 2.03. The van der Waals surface area contributed by atoms with Crippen molar-refractivity contribution in [3.05, 3.63) is 47.8 Å². The molecular weight excluding hydrogens is 224 g/mol. The lowest BCUT2D eigenvalue weighted by Gasteiger charge is -2.12. The highest BCUT2D eigenvalue weighted by atomic mass is 16.5. The largest absolute Gasteiger partial charge is 0.492 e. The molecule has 0 atom stereocenters. The summed E-state index contributed by atoms with van der Waals surface area (Å²) in [5.41, 5.74) is 3.52. The first kappa shape index (κ1) is 12.6. The molecule has 0 spiro atoms. The van der Waals surface area contributed by atoms with E-state index in [0.29, 0.717) is 6.61 Å². The smallest absolute Gasteiger partial charge is 0.142 e. The molecule has 0 bridgehead atoms. The van der Waals surface area contributed by atoms with Crippen LogP contribution in [0, 0.1) is 6.92 Å². The Morgan fingerprint density at radius 3 is 2.78 bits per heavy atom. The monoisotopic (exact) mass is 244 g/mol. The van der Waals surface area contributed by atoms with Crippen molar-refractivity contribution in [2.75, 3.05) is 11.9 Å².